The van der Waals surface area contributed by atoms with Crippen molar-refractivity contribution in [1.82, 2.24) is 9.97 Å². The highest BCUT2D eigenvalue weighted by Crippen LogP contribution is 2.36. The predicted molar refractivity (Wildman–Crippen MR) is 77.3 cm³/mol. The maximum atomic E-state index is 13.3. The monoisotopic (exact) mass is 292 g/mol. The van der Waals surface area contributed by atoms with Crippen molar-refractivity contribution < 1.29 is 4.39 Å². The number of hydrogen-bond acceptors (Lipinski definition) is 3. The first-order valence-electron chi connectivity index (χ1n) is 5.75. The molecule has 5 heteroatoms. The van der Waals surface area contributed by atoms with Crippen molar-refractivity contribution in [2.24, 2.45) is 0 Å². The summed E-state index contributed by atoms with van der Waals surface area (Å²) in [5.41, 5.74) is 2.43. The van der Waals surface area contributed by atoms with Crippen molar-refractivity contribution in [3.05, 3.63) is 46.6 Å². The molecule has 3 aromatic rings. The molecule has 0 amide bonds. The molecule has 2 nitrogen and oxygen atoms in total. The van der Waals surface area contributed by atoms with Gasteiger partial charge in [-0.15, -0.1) is 11.3 Å². The van der Waals surface area contributed by atoms with Crippen LogP contribution in [-0.4, -0.2) is 9.97 Å². The highest BCUT2D eigenvalue weighted by atomic mass is 35.5. The van der Waals surface area contributed by atoms with E-state index in [1.165, 1.54) is 17.4 Å². The summed E-state index contributed by atoms with van der Waals surface area (Å²) in [4.78, 5) is 9.52. The number of halogens is 2. The van der Waals surface area contributed by atoms with Gasteiger partial charge >= 0.3 is 0 Å². The zero-order valence-corrected chi connectivity index (χ0v) is 11.9. The molecule has 0 radical (unpaired) electrons. The molecule has 0 aliphatic carbocycles. The van der Waals surface area contributed by atoms with E-state index in [2.05, 4.69) is 9.97 Å². The Morgan fingerprint density at radius 3 is 2.68 bits per heavy atom. The van der Waals surface area contributed by atoms with Gasteiger partial charge in [-0.3, -0.25) is 0 Å². The first-order chi connectivity index (χ1) is 9.04. The maximum Gasteiger partial charge on any atom is 0.150 e. The lowest BCUT2D eigenvalue weighted by molar-refractivity contribution is 0.619. The van der Waals surface area contributed by atoms with E-state index in [4.69, 9.17) is 11.6 Å². The molecular formula is C14H10ClFN2S. The van der Waals surface area contributed by atoms with Crippen LogP contribution in [0.5, 0.6) is 0 Å². The predicted octanol–water partition coefficient (Wildman–Crippen LogP) is 4.77. The van der Waals surface area contributed by atoms with Crippen molar-refractivity contribution in [3.8, 4) is 10.4 Å². The van der Waals surface area contributed by atoms with E-state index in [0.717, 1.165) is 20.7 Å². The molecule has 2 aromatic heterocycles. The van der Waals surface area contributed by atoms with Crippen molar-refractivity contribution in [2.75, 3.05) is 0 Å². The van der Waals surface area contributed by atoms with Gasteiger partial charge in [-0.25, -0.2) is 14.4 Å². The maximum absolute atomic E-state index is 13.3. The highest BCUT2D eigenvalue weighted by molar-refractivity contribution is 7.22. The quantitative estimate of drug-likeness (QED) is 0.604. The molecule has 0 aliphatic rings. The van der Waals surface area contributed by atoms with Crippen LogP contribution in [0.3, 0.4) is 0 Å². The van der Waals surface area contributed by atoms with Gasteiger partial charge in [0.1, 0.15) is 11.6 Å². The fourth-order valence-electron chi connectivity index (χ4n) is 1.94. The second-order valence-electron chi connectivity index (χ2n) is 4.35. The van der Waals surface area contributed by atoms with Crippen LogP contribution in [0.25, 0.3) is 20.7 Å². The van der Waals surface area contributed by atoms with Gasteiger partial charge in [0.2, 0.25) is 0 Å². The van der Waals surface area contributed by atoms with Crippen molar-refractivity contribution in [3.63, 3.8) is 0 Å². The van der Waals surface area contributed by atoms with Gasteiger partial charge in [0.25, 0.3) is 0 Å². The zero-order valence-electron chi connectivity index (χ0n) is 10.4. The Kier molecular flexibility index (Phi) is 2.99. The molecule has 0 bridgehead atoms. The molecule has 0 fully saturated rings. The van der Waals surface area contributed by atoms with Crippen LogP contribution in [0.15, 0.2) is 24.3 Å². The molecule has 96 valence electrons. The number of aryl methyl sites for hydroxylation is 2. The SMILES string of the molecule is Cc1nc(Cl)c2sc(-c3ccc(F)c(C)c3)cc2n1. The van der Waals surface area contributed by atoms with Gasteiger partial charge < -0.3 is 0 Å². The molecule has 2 heterocycles. The van der Waals surface area contributed by atoms with E-state index in [-0.39, 0.29) is 5.82 Å². The van der Waals surface area contributed by atoms with Crippen LogP contribution in [-0.2, 0) is 0 Å². The average molecular weight is 293 g/mol. The van der Waals surface area contributed by atoms with Crippen LogP contribution >= 0.6 is 22.9 Å². The number of aromatic nitrogens is 2. The van der Waals surface area contributed by atoms with Crippen LogP contribution in [0.4, 0.5) is 4.39 Å². The van der Waals surface area contributed by atoms with Crippen LogP contribution in [0, 0.1) is 19.7 Å². The van der Waals surface area contributed by atoms with E-state index < -0.39 is 0 Å². The van der Waals surface area contributed by atoms with E-state index in [0.29, 0.717) is 16.5 Å². The summed E-state index contributed by atoms with van der Waals surface area (Å²) >= 11 is 7.64. The van der Waals surface area contributed by atoms with E-state index in [1.54, 1.807) is 13.0 Å². The van der Waals surface area contributed by atoms with Crippen LogP contribution in [0.2, 0.25) is 5.15 Å². The minimum absolute atomic E-state index is 0.196. The number of thiophene rings is 1. The van der Waals surface area contributed by atoms with Crippen LogP contribution in [0.1, 0.15) is 11.4 Å². The number of fused-ring (bicyclic) bond motifs is 1. The molecule has 0 atom stereocenters. The third kappa shape index (κ3) is 2.22. The largest absolute Gasteiger partial charge is 0.232 e. The Morgan fingerprint density at radius 2 is 1.95 bits per heavy atom. The fourth-order valence-corrected chi connectivity index (χ4v) is 3.25. The van der Waals surface area contributed by atoms with Crippen LogP contribution < -0.4 is 0 Å². The van der Waals surface area contributed by atoms with E-state index >= 15 is 0 Å². The van der Waals surface area contributed by atoms with E-state index in [1.807, 2.05) is 19.1 Å². The lowest BCUT2D eigenvalue weighted by Crippen LogP contribution is -1.86. The molecule has 0 spiro atoms. The van der Waals surface area contributed by atoms with Gasteiger partial charge in [-0.2, -0.15) is 0 Å². The summed E-state index contributed by atoms with van der Waals surface area (Å²) in [6.45, 7) is 3.56. The number of benzene rings is 1. The van der Waals surface area contributed by atoms with Gasteiger partial charge in [-0.05, 0) is 43.2 Å². The average Bonchev–Trinajstić information content (AvgIpc) is 2.76. The second kappa shape index (κ2) is 4.54. The molecule has 0 saturated heterocycles. The Bertz CT molecular complexity index is 782. The lowest BCUT2D eigenvalue weighted by Gasteiger charge is -2.00. The first-order valence-corrected chi connectivity index (χ1v) is 6.94. The van der Waals surface area contributed by atoms with E-state index in [9.17, 15) is 4.39 Å². The first kappa shape index (κ1) is 12.5. The minimum Gasteiger partial charge on any atom is -0.232 e. The Hall–Kier alpha value is -1.52. The molecular weight excluding hydrogens is 283 g/mol. The Morgan fingerprint density at radius 1 is 1.16 bits per heavy atom. The summed E-state index contributed by atoms with van der Waals surface area (Å²) in [7, 11) is 0. The molecule has 19 heavy (non-hydrogen) atoms. The van der Waals surface area contributed by atoms with Gasteiger partial charge in [0.15, 0.2) is 5.15 Å². The molecule has 1 aromatic carbocycles. The molecule has 0 unspecified atom stereocenters. The van der Waals surface area contributed by atoms with Crippen molar-refractivity contribution >= 4 is 33.2 Å². The lowest BCUT2D eigenvalue weighted by atomic mass is 10.1. The van der Waals surface area contributed by atoms with Gasteiger partial charge in [0, 0.05) is 4.88 Å². The summed E-state index contributed by atoms with van der Waals surface area (Å²) in [6.07, 6.45) is 0. The summed E-state index contributed by atoms with van der Waals surface area (Å²) < 4.78 is 14.2. The summed E-state index contributed by atoms with van der Waals surface area (Å²) in [6, 6.07) is 7.04. The van der Waals surface area contributed by atoms with Gasteiger partial charge in [0.05, 0.1) is 10.2 Å². The smallest absolute Gasteiger partial charge is 0.150 e. The summed E-state index contributed by atoms with van der Waals surface area (Å²) in [5.74, 6) is 0.454. The van der Waals surface area contributed by atoms with Crippen molar-refractivity contribution in [1.29, 1.82) is 0 Å². The molecule has 0 saturated carbocycles. The Balaban J connectivity index is 2.20. The topological polar surface area (TPSA) is 25.8 Å². The number of rotatable bonds is 1. The molecule has 3 rings (SSSR count). The van der Waals surface area contributed by atoms with Gasteiger partial charge in [-0.1, -0.05) is 17.7 Å². The number of nitrogens with zero attached hydrogens (tertiary/aromatic N) is 2. The number of hydrogen-bond donors (Lipinski definition) is 0. The molecule has 0 N–H and O–H groups in total. The standard InChI is InChI=1S/C14H10ClFN2S/c1-7-5-9(3-4-10(7)16)12-6-11-13(19-12)14(15)18-8(2)17-11/h3-6H,1-2H3. The second-order valence-corrected chi connectivity index (χ2v) is 5.76. The fraction of sp³-hybridized carbons (Fsp3) is 0.143. The summed E-state index contributed by atoms with van der Waals surface area (Å²) in [5, 5.41) is 0.470. The Labute approximate surface area is 118 Å². The zero-order chi connectivity index (χ0) is 13.6. The highest BCUT2D eigenvalue weighted by Gasteiger charge is 2.11. The third-order valence-electron chi connectivity index (χ3n) is 2.88. The normalized spacial score (nSPS) is 11.2. The molecule has 0 aliphatic heterocycles. The third-order valence-corrected chi connectivity index (χ3v) is 4.45. The van der Waals surface area contributed by atoms with Crippen molar-refractivity contribution in [2.45, 2.75) is 13.8 Å². The minimum atomic E-state index is -0.196.